The van der Waals surface area contributed by atoms with Crippen LogP contribution in [0.15, 0.2) is 21.9 Å². The zero-order valence-corrected chi connectivity index (χ0v) is 10.2. The summed E-state index contributed by atoms with van der Waals surface area (Å²) in [5.41, 5.74) is 0.966. The Morgan fingerprint density at radius 3 is 2.80 bits per heavy atom. The molecule has 2 aromatic heterocycles. The highest BCUT2D eigenvalue weighted by molar-refractivity contribution is 7.13. The molecule has 0 aliphatic carbocycles. The van der Waals surface area contributed by atoms with E-state index in [1.165, 1.54) is 0 Å². The average Bonchev–Trinajstić information content (AvgIpc) is 2.86. The van der Waals surface area contributed by atoms with Gasteiger partial charge in [-0.2, -0.15) is 0 Å². The Bertz CT molecular complexity index is 433. The third-order valence-corrected chi connectivity index (χ3v) is 3.23. The number of nitrogens with zero attached hydrogens (tertiary/aromatic N) is 1. The predicted molar refractivity (Wildman–Crippen MR) is 63.5 cm³/mol. The molecule has 2 rings (SSSR count). The van der Waals surface area contributed by atoms with E-state index < -0.39 is 0 Å². The maximum Gasteiger partial charge on any atom is 0.236 e. The number of hydrogen-bond acceptors (Lipinski definition) is 3. The maximum atomic E-state index is 5.82. The van der Waals surface area contributed by atoms with Crippen LogP contribution in [0.2, 0.25) is 0 Å². The minimum Gasteiger partial charge on any atom is -0.439 e. The van der Waals surface area contributed by atoms with Gasteiger partial charge in [-0.1, -0.05) is 19.9 Å². The molecule has 80 valence electrons. The Labute approximate surface area is 97.9 Å². The zero-order chi connectivity index (χ0) is 10.8. The van der Waals surface area contributed by atoms with Crippen LogP contribution >= 0.6 is 22.9 Å². The van der Waals surface area contributed by atoms with Crippen molar-refractivity contribution in [3.8, 4) is 10.8 Å². The van der Waals surface area contributed by atoms with E-state index in [-0.39, 0.29) is 0 Å². The normalized spacial score (nSPS) is 11.2. The Hall–Kier alpha value is -0.800. The molecular formula is C11H12ClNOS. The standard InChI is InChI=1S/C11H12ClNOS/c1-7(2)10-8(6-12)14-11(13-10)9-4-3-5-15-9/h3-5,7H,6H2,1-2H3. The Balaban J connectivity index is 2.43. The van der Waals surface area contributed by atoms with Gasteiger partial charge in [-0.3, -0.25) is 0 Å². The van der Waals surface area contributed by atoms with Crippen LogP contribution in [0.4, 0.5) is 0 Å². The molecule has 2 heterocycles. The molecule has 2 nitrogen and oxygen atoms in total. The van der Waals surface area contributed by atoms with Gasteiger partial charge in [0.25, 0.3) is 0 Å². The van der Waals surface area contributed by atoms with Crippen molar-refractivity contribution in [2.75, 3.05) is 0 Å². The van der Waals surface area contributed by atoms with E-state index in [1.807, 2.05) is 17.5 Å². The minimum absolute atomic E-state index is 0.344. The summed E-state index contributed by atoms with van der Waals surface area (Å²) in [5, 5.41) is 2.01. The van der Waals surface area contributed by atoms with Gasteiger partial charge in [-0.25, -0.2) is 4.98 Å². The minimum atomic E-state index is 0.344. The van der Waals surface area contributed by atoms with Crippen LogP contribution in [0.1, 0.15) is 31.2 Å². The molecule has 0 spiro atoms. The van der Waals surface area contributed by atoms with E-state index in [4.69, 9.17) is 16.0 Å². The monoisotopic (exact) mass is 241 g/mol. The summed E-state index contributed by atoms with van der Waals surface area (Å²) in [7, 11) is 0. The first-order chi connectivity index (χ1) is 7.22. The van der Waals surface area contributed by atoms with Crippen LogP contribution in [0, 0.1) is 0 Å². The summed E-state index contributed by atoms with van der Waals surface area (Å²) >= 11 is 7.44. The summed E-state index contributed by atoms with van der Waals surface area (Å²) in [5.74, 6) is 2.20. The van der Waals surface area contributed by atoms with Crippen molar-refractivity contribution in [3.05, 3.63) is 29.0 Å². The molecule has 0 amide bonds. The number of thiophene rings is 1. The summed E-state index contributed by atoms with van der Waals surface area (Å²) in [6, 6.07) is 3.98. The molecule has 0 aliphatic rings. The van der Waals surface area contributed by atoms with Crippen LogP contribution in [0.3, 0.4) is 0 Å². The summed E-state index contributed by atoms with van der Waals surface area (Å²) in [6.07, 6.45) is 0. The second kappa shape index (κ2) is 4.37. The van der Waals surface area contributed by atoms with Gasteiger partial charge in [-0.05, 0) is 17.4 Å². The molecule has 15 heavy (non-hydrogen) atoms. The molecule has 4 heteroatoms. The molecular weight excluding hydrogens is 230 g/mol. The first-order valence-corrected chi connectivity index (χ1v) is 6.23. The van der Waals surface area contributed by atoms with Gasteiger partial charge in [0, 0.05) is 0 Å². The number of oxazole rings is 1. The van der Waals surface area contributed by atoms with Crippen LogP contribution < -0.4 is 0 Å². The van der Waals surface area contributed by atoms with Crippen molar-refractivity contribution in [3.63, 3.8) is 0 Å². The lowest BCUT2D eigenvalue weighted by molar-refractivity contribution is 0.533. The SMILES string of the molecule is CC(C)c1nc(-c2cccs2)oc1CCl. The highest BCUT2D eigenvalue weighted by Gasteiger charge is 2.16. The van der Waals surface area contributed by atoms with Crippen LogP contribution in [-0.2, 0) is 5.88 Å². The van der Waals surface area contributed by atoms with Crippen LogP contribution in [0.25, 0.3) is 10.8 Å². The second-order valence-electron chi connectivity index (χ2n) is 3.59. The van der Waals surface area contributed by atoms with E-state index in [9.17, 15) is 0 Å². The first kappa shape index (κ1) is 10.7. The number of hydrogen-bond donors (Lipinski definition) is 0. The molecule has 0 aliphatic heterocycles. The lowest BCUT2D eigenvalue weighted by Gasteiger charge is -1.98. The molecule has 0 aromatic carbocycles. The third-order valence-electron chi connectivity index (χ3n) is 2.13. The van der Waals surface area contributed by atoms with Gasteiger partial charge in [0.05, 0.1) is 16.5 Å². The molecule has 0 saturated heterocycles. The summed E-state index contributed by atoms with van der Waals surface area (Å²) in [6.45, 7) is 4.18. The largest absolute Gasteiger partial charge is 0.439 e. The van der Waals surface area contributed by atoms with Gasteiger partial charge >= 0.3 is 0 Å². The lowest BCUT2D eigenvalue weighted by Crippen LogP contribution is -1.91. The highest BCUT2D eigenvalue weighted by Crippen LogP contribution is 2.29. The molecule has 0 unspecified atom stereocenters. The maximum absolute atomic E-state index is 5.82. The zero-order valence-electron chi connectivity index (χ0n) is 8.66. The molecule has 0 saturated carbocycles. The lowest BCUT2D eigenvalue weighted by atomic mass is 10.1. The van der Waals surface area contributed by atoms with Crippen molar-refractivity contribution >= 4 is 22.9 Å². The topological polar surface area (TPSA) is 26.0 Å². The van der Waals surface area contributed by atoms with Crippen molar-refractivity contribution in [1.82, 2.24) is 4.98 Å². The Kier molecular flexibility index (Phi) is 3.12. The van der Waals surface area contributed by atoms with Gasteiger partial charge < -0.3 is 4.42 Å². The van der Waals surface area contributed by atoms with Crippen molar-refractivity contribution in [2.45, 2.75) is 25.6 Å². The number of aromatic nitrogens is 1. The summed E-state index contributed by atoms with van der Waals surface area (Å²) in [4.78, 5) is 5.53. The van der Waals surface area contributed by atoms with Crippen molar-refractivity contribution in [1.29, 1.82) is 0 Å². The fourth-order valence-electron chi connectivity index (χ4n) is 1.42. The average molecular weight is 242 g/mol. The Morgan fingerprint density at radius 2 is 2.33 bits per heavy atom. The van der Waals surface area contributed by atoms with Crippen molar-refractivity contribution in [2.24, 2.45) is 0 Å². The second-order valence-corrected chi connectivity index (χ2v) is 4.81. The van der Waals surface area contributed by atoms with E-state index in [0.717, 1.165) is 16.3 Å². The number of rotatable bonds is 3. The molecule has 0 atom stereocenters. The predicted octanol–water partition coefficient (Wildman–Crippen LogP) is 4.27. The van der Waals surface area contributed by atoms with E-state index in [0.29, 0.717) is 17.7 Å². The number of halogens is 1. The van der Waals surface area contributed by atoms with E-state index in [2.05, 4.69) is 18.8 Å². The Morgan fingerprint density at radius 1 is 1.53 bits per heavy atom. The van der Waals surface area contributed by atoms with Crippen molar-refractivity contribution < 1.29 is 4.42 Å². The van der Waals surface area contributed by atoms with Crippen LogP contribution in [-0.4, -0.2) is 4.98 Å². The van der Waals surface area contributed by atoms with Gasteiger partial charge in [-0.15, -0.1) is 22.9 Å². The number of alkyl halides is 1. The molecule has 0 bridgehead atoms. The molecule has 0 fully saturated rings. The van der Waals surface area contributed by atoms with Gasteiger partial charge in [0.2, 0.25) is 5.89 Å². The highest BCUT2D eigenvalue weighted by atomic mass is 35.5. The summed E-state index contributed by atoms with van der Waals surface area (Å²) < 4.78 is 5.64. The third kappa shape index (κ3) is 2.08. The van der Waals surface area contributed by atoms with Gasteiger partial charge in [0.1, 0.15) is 5.76 Å². The molecule has 0 N–H and O–H groups in total. The van der Waals surface area contributed by atoms with Crippen LogP contribution in [0.5, 0.6) is 0 Å². The van der Waals surface area contributed by atoms with E-state index in [1.54, 1.807) is 11.3 Å². The fraction of sp³-hybridized carbons (Fsp3) is 0.364. The van der Waals surface area contributed by atoms with Gasteiger partial charge in [0.15, 0.2) is 0 Å². The smallest absolute Gasteiger partial charge is 0.236 e. The quantitative estimate of drug-likeness (QED) is 0.751. The fourth-order valence-corrected chi connectivity index (χ4v) is 2.26. The van der Waals surface area contributed by atoms with E-state index >= 15 is 0 Å². The molecule has 0 radical (unpaired) electrons. The first-order valence-electron chi connectivity index (χ1n) is 4.81. The molecule has 2 aromatic rings.